The van der Waals surface area contributed by atoms with Gasteiger partial charge in [0.05, 0.1) is 13.2 Å². The summed E-state index contributed by atoms with van der Waals surface area (Å²) in [6, 6.07) is 0. The van der Waals surface area contributed by atoms with Crippen LogP contribution < -0.4 is 0 Å². The first-order valence-corrected chi connectivity index (χ1v) is 6.20. The summed E-state index contributed by atoms with van der Waals surface area (Å²) in [4.78, 5) is 11.6. The molecule has 1 aromatic heterocycles. The van der Waals surface area contributed by atoms with Gasteiger partial charge >= 0.3 is 5.97 Å². The van der Waals surface area contributed by atoms with Crippen molar-refractivity contribution in [2.24, 2.45) is 5.92 Å². The van der Waals surface area contributed by atoms with Crippen LogP contribution in [-0.2, 0) is 16.0 Å². The van der Waals surface area contributed by atoms with Crippen molar-refractivity contribution in [3.63, 3.8) is 0 Å². The highest BCUT2D eigenvalue weighted by atomic mass is 16.5. The second-order valence-electron chi connectivity index (χ2n) is 4.41. The van der Waals surface area contributed by atoms with Gasteiger partial charge < -0.3 is 14.0 Å². The molecule has 1 rings (SSSR count). The first-order chi connectivity index (χ1) is 8.56. The Hall–Kier alpha value is -1.43. The number of ether oxygens (including phenoxy) is 2. The summed E-state index contributed by atoms with van der Waals surface area (Å²) < 4.78 is 12.1. The van der Waals surface area contributed by atoms with E-state index in [2.05, 4.69) is 24.0 Å². The fourth-order valence-corrected chi connectivity index (χ4v) is 1.47. The molecule has 0 radical (unpaired) electrons. The van der Waals surface area contributed by atoms with E-state index >= 15 is 0 Å². The average Bonchev–Trinajstić information content (AvgIpc) is 2.66. The van der Waals surface area contributed by atoms with E-state index in [-0.39, 0.29) is 5.82 Å². The molecule has 102 valence electrons. The van der Waals surface area contributed by atoms with Crippen LogP contribution in [0.2, 0.25) is 0 Å². The van der Waals surface area contributed by atoms with E-state index in [1.807, 2.05) is 0 Å². The lowest BCUT2D eigenvalue weighted by molar-refractivity contribution is 0.0499. The number of esters is 1. The Morgan fingerprint density at radius 3 is 2.72 bits per heavy atom. The fourth-order valence-electron chi connectivity index (χ4n) is 1.47. The Bertz CT molecular complexity index is 388. The van der Waals surface area contributed by atoms with E-state index in [0.29, 0.717) is 38.1 Å². The standard InChI is InChI=1S/C12H21N3O3/c1-5-18-12(16)11-14-13-10(4)15(11)6-7-17-8-9(2)3/h9H,5-8H2,1-4H3. The molecule has 6 heteroatoms. The van der Waals surface area contributed by atoms with Crippen LogP contribution in [0, 0.1) is 12.8 Å². The highest BCUT2D eigenvalue weighted by Crippen LogP contribution is 2.04. The minimum Gasteiger partial charge on any atom is -0.460 e. The molecule has 0 saturated heterocycles. The Kier molecular flexibility index (Phi) is 5.77. The molecule has 0 saturated carbocycles. The SMILES string of the molecule is CCOC(=O)c1nnc(C)n1CCOCC(C)C. The number of hydrogen-bond acceptors (Lipinski definition) is 5. The molecule has 1 aromatic rings. The smallest absolute Gasteiger partial charge is 0.376 e. The molecule has 6 nitrogen and oxygen atoms in total. The van der Waals surface area contributed by atoms with Crippen LogP contribution in [0.25, 0.3) is 0 Å². The molecular formula is C12H21N3O3. The van der Waals surface area contributed by atoms with Crippen LogP contribution in [0.1, 0.15) is 37.2 Å². The molecular weight excluding hydrogens is 234 g/mol. The summed E-state index contributed by atoms with van der Waals surface area (Å²) in [5.41, 5.74) is 0. The zero-order valence-corrected chi connectivity index (χ0v) is 11.5. The lowest BCUT2D eigenvalue weighted by atomic mass is 10.2. The second-order valence-corrected chi connectivity index (χ2v) is 4.41. The van der Waals surface area contributed by atoms with Crippen molar-refractivity contribution < 1.29 is 14.3 Å². The van der Waals surface area contributed by atoms with E-state index in [0.717, 1.165) is 0 Å². The number of nitrogens with zero attached hydrogens (tertiary/aromatic N) is 3. The van der Waals surface area contributed by atoms with E-state index in [4.69, 9.17) is 9.47 Å². The number of aromatic nitrogens is 3. The van der Waals surface area contributed by atoms with E-state index in [1.165, 1.54) is 0 Å². The minimum atomic E-state index is -0.443. The van der Waals surface area contributed by atoms with Gasteiger partial charge in [-0.3, -0.25) is 0 Å². The highest BCUT2D eigenvalue weighted by Gasteiger charge is 2.17. The number of aryl methyl sites for hydroxylation is 1. The topological polar surface area (TPSA) is 66.2 Å². The summed E-state index contributed by atoms with van der Waals surface area (Å²) in [6.07, 6.45) is 0. The van der Waals surface area contributed by atoms with Crippen LogP contribution in [-0.4, -0.2) is 40.6 Å². The molecule has 0 aliphatic heterocycles. The summed E-state index contributed by atoms with van der Waals surface area (Å²) in [7, 11) is 0. The predicted molar refractivity (Wildman–Crippen MR) is 66.4 cm³/mol. The Morgan fingerprint density at radius 2 is 2.11 bits per heavy atom. The van der Waals surface area contributed by atoms with Crippen LogP contribution in [0.5, 0.6) is 0 Å². The molecule has 0 aromatic carbocycles. The third-order valence-electron chi connectivity index (χ3n) is 2.30. The fraction of sp³-hybridized carbons (Fsp3) is 0.750. The molecule has 0 atom stereocenters. The Labute approximate surface area is 107 Å². The van der Waals surface area contributed by atoms with Gasteiger partial charge in [0.15, 0.2) is 0 Å². The molecule has 1 heterocycles. The lowest BCUT2D eigenvalue weighted by Gasteiger charge is -2.10. The first-order valence-electron chi connectivity index (χ1n) is 6.20. The molecule has 0 aliphatic rings. The average molecular weight is 255 g/mol. The lowest BCUT2D eigenvalue weighted by Crippen LogP contribution is -2.17. The Balaban J connectivity index is 2.58. The van der Waals surface area contributed by atoms with Crippen LogP contribution in [0.4, 0.5) is 0 Å². The molecule has 0 N–H and O–H groups in total. The number of hydrogen-bond donors (Lipinski definition) is 0. The summed E-state index contributed by atoms with van der Waals surface area (Å²) >= 11 is 0. The molecule has 0 fully saturated rings. The quantitative estimate of drug-likeness (QED) is 0.545. The molecule has 18 heavy (non-hydrogen) atoms. The normalized spacial score (nSPS) is 10.9. The van der Waals surface area contributed by atoms with Crippen molar-refractivity contribution >= 4 is 5.97 Å². The van der Waals surface area contributed by atoms with Gasteiger partial charge in [-0.1, -0.05) is 13.8 Å². The second kappa shape index (κ2) is 7.10. The maximum absolute atomic E-state index is 11.6. The molecule has 0 aliphatic carbocycles. The van der Waals surface area contributed by atoms with Crippen LogP contribution in [0.15, 0.2) is 0 Å². The van der Waals surface area contributed by atoms with E-state index < -0.39 is 5.97 Å². The van der Waals surface area contributed by atoms with Crippen molar-refractivity contribution in [2.75, 3.05) is 19.8 Å². The van der Waals surface area contributed by atoms with Crippen molar-refractivity contribution in [3.8, 4) is 0 Å². The highest BCUT2D eigenvalue weighted by molar-refractivity contribution is 5.85. The molecule has 0 amide bonds. The van der Waals surface area contributed by atoms with Crippen molar-refractivity contribution in [1.29, 1.82) is 0 Å². The van der Waals surface area contributed by atoms with E-state index in [9.17, 15) is 4.79 Å². The van der Waals surface area contributed by atoms with Crippen LogP contribution >= 0.6 is 0 Å². The summed E-state index contributed by atoms with van der Waals surface area (Å²) in [6.45, 7) is 9.87. The third-order valence-corrected chi connectivity index (χ3v) is 2.30. The molecule has 0 unspecified atom stereocenters. The zero-order chi connectivity index (χ0) is 13.5. The monoisotopic (exact) mass is 255 g/mol. The van der Waals surface area contributed by atoms with Crippen molar-refractivity contribution in [2.45, 2.75) is 34.2 Å². The largest absolute Gasteiger partial charge is 0.460 e. The van der Waals surface area contributed by atoms with Gasteiger partial charge in [-0.2, -0.15) is 0 Å². The van der Waals surface area contributed by atoms with Gasteiger partial charge in [0.2, 0.25) is 5.82 Å². The van der Waals surface area contributed by atoms with Crippen molar-refractivity contribution in [1.82, 2.24) is 14.8 Å². The molecule has 0 spiro atoms. The summed E-state index contributed by atoms with van der Waals surface area (Å²) in [5, 5.41) is 7.72. The van der Waals surface area contributed by atoms with E-state index in [1.54, 1.807) is 18.4 Å². The van der Waals surface area contributed by atoms with Crippen LogP contribution in [0.3, 0.4) is 0 Å². The van der Waals surface area contributed by atoms with Gasteiger partial charge in [-0.25, -0.2) is 4.79 Å². The van der Waals surface area contributed by atoms with Gasteiger partial charge in [0, 0.05) is 13.2 Å². The van der Waals surface area contributed by atoms with Gasteiger partial charge in [0.25, 0.3) is 0 Å². The first kappa shape index (κ1) is 14.6. The Morgan fingerprint density at radius 1 is 1.39 bits per heavy atom. The van der Waals surface area contributed by atoms with Gasteiger partial charge in [-0.05, 0) is 19.8 Å². The number of carbonyl (C=O) groups excluding carboxylic acids is 1. The zero-order valence-electron chi connectivity index (χ0n) is 11.5. The van der Waals surface area contributed by atoms with Gasteiger partial charge in [0.1, 0.15) is 5.82 Å². The van der Waals surface area contributed by atoms with Crippen molar-refractivity contribution in [3.05, 3.63) is 11.6 Å². The predicted octanol–water partition coefficient (Wildman–Crippen LogP) is 1.44. The van der Waals surface area contributed by atoms with Gasteiger partial charge in [-0.15, -0.1) is 10.2 Å². The maximum atomic E-state index is 11.6. The third kappa shape index (κ3) is 4.10. The number of carbonyl (C=O) groups is 1. The maximum Gasteiger partial charge on any atom is 0.376 e. The number of rotatable bonds is 7. The summed E-state index contributed by atoms with van der Waals surface area (Å²) in [5.74, 6) is 0.979. The molecule has 0 bridgehead atoms. The minimum absolute atomic E-state index is 0.238.